The van der Waals surface area contributed by atoms with E-state index in [1.54, 1.807) is 13.2 Å². The van der Waals surface area contributed by atoms with Crippen molar-refractivity contribution in [2.75, 3.05) is 13.7 Å². The molecule has 1 rings (SSSR count). The van der Waals surface area contributed by atoms with Crippen molar-refractivity contribution in [2.24, 2.45) is 0 Å². The van der Waals surface area contributed by atoms with Gasteiger partial charge < -0.3 is 14.4 Å². The fourth-order valence-electron chi connectivity index (χ4n) is 2.08. The number of hydrogen-bond acceptors (Lipinski definition) is 3. The molecule has 0 radical (unpaired) electrons. The molecule has 4 heteroatoms. The van der Waals surface area contributed by atoms with Crippen LogP contribution in [-0.2, 0) is 4.79 Å². The SMILES string of the molecule is COc1cccc(OCC(=O)N(C(C)C)C(C)C)c1. The van der Waals surface area contributed by atoms with Crippen molar-refractivity contribution in [1.82, 2.24) is 4.90 Å². The molecule has 0 aliphatic carbocycles. The van der Waals surface area contributed by atoms with Crippen LogP contribution in [0.3, 0.4) is 0 Å². The van der Waals surface area contributed by atoms with Gasteiger partial charge in [0.15, 0.2) is 6.61 Å². The second-order valence-corrected chi connectivity index (χ2v) is 4.96. The molecule has 1 aromatic carbocycles. The molecular formula is C15H23NO3. The average molecular weight is 265 g/mol. The molecule has 0 heterocycles. The van der Waals surface area contributed by atoms with Crippen LogP contribution < -0.4 is 9.47 Å². The lowest BCUT2D eigenvalue weighted by atomic mass is 10.2. The minimum absolute atomic E-state index is 0.00665. The van der Waals surface area contributed by atoms with Gasteiger partial charge in [0.2, 0.25) is 0 Å². The molecule has 1 aromatic rings. The molecule has 4 nitrogen and oxygen atoms in total. The highest BCUT2D eigenvalue weighted by molar-refractivity contribution is 5.78. The fraction of sp³-hybridized carbons (Fsp3) is 0.533. The fourth-order valence-corrected chi connectivity index (χ4v) is 2.08. The number of nitrogens with zero attached hydrogens (tertiary/aromatic N) is 1. The summed E-state index contributed by atoms with van der Waals surface area (Å²) in [5, 5.41) is 0. The van der Waals surface area contributed by atoms with Crippen LogP contribution in [0.25, 0.3) is 0 Å². The predicted molar refractivity (Wildman–Crippen MR) is 75.6 cm³/mol. The Labute approximate surface area is 115 Å². The van der Waals surface area contributed by atoms with Gasteiger partial charge in [-0.1, -0.05) is 6.07 Å². The standard InChI is InChI=1S/C15H23NO3/c1-11(2)16(12(3)4)15(17)10-19-14-8-6-7-13(9-14)18-5/h6-9,11-12H,10H2,1-5H3. The van der Waals surface area contributed by atoms with E-state index < -0.39 is 0 Å². The zero-order chi connectivity index (χ0) is 14.4. The first-order valence-corrected chi connectivity index (χ1v) is 6.53. The molecule has 0 aliphatic heterocycles. The second kappa shape index (κ2) is 7.02. The van der Waals surface area contributed by atoms with Crippen molar-refractivity contribution in [3.8, 4) is 11.5 Å². The number of ether oxygens (including phenoxy) is 2. The van der Waals surface area contributed by atoms with Gasteiger partial charge in [0.1, 0.15) is 11.5 Å². The van der Waals surface area contributed by atoms with Crippen LogP contribution in [0.5, 0.6) is 11.5 Å². The number of hydrogen-bond donors (Lipinski definition) is 0. The third-order valence-electron chi connectivity index (χ3n) is 2.80. The van der Waals surface area contributed by atoms with Crippen molar-refractivity contribution in [1.29, 1.82) is 0 Å². The lowest BCUT2D eigenvalue weighted by molar-refractivity contribution is -0.136. The zero-order valence-electron chi connectivity index (χ0n) is 12.3. The average Bonchev–Trinajstić information content (AvgIpc) is 2.35. The van der Waals surface area contributed by atoms with E-state index in [9.17, 15) is 4.79 Å². The summed E-state index contributed by atoms with van der Waals surface area (Å²) in [7, 11) is 1.60. The third-order valence-corrected chi connectivity index (χ3v) is 2.80. The Bertz CT molecular complexity index is 408. The number of methoxy groups -OCH3 is 1. The maximum absolute atomic E-state index is 12.1. The Kier molecular flexibility index (Phi) is 5.67. The van der Waals surface area contributed by atoms with E-state index in [1.165, 1.54) is 0 Å². The van der Waals surface area contributed by atoms with Crippen molar-refractivity contribution in [3.05, 3.63) is 24.3 Å². The first-order chi connectivity index (χ1) is 8.95. The maximum atomic E-state index is 12.1. The summed E-state index contributed by atoms with van der Waals surface area (Å²) in [6.45, 7) is 8.06. The van der Waals surface area contributed by atoms with E-state index >= 15 is 0 Å². The lowest BCUT2D eigenvalue weighted by Crippen LogP contribution is -2.44. The molecule has 0 aromatic heterocycles. The molecule has 0 bridgehead atoms. The molecule has 0 aliphatic rings. The minimum atomic E-state index is -0.00665. The summed E-state index contributed by atoms with van der Waals surface area (Å²) < 4.78 is 10.6. The van der Waals surface area contributed by atoms with E-state index in [2.05, 4.69) is 0 Å². The molecule has 106 valence electrons. The van der Waals surface area contributed by atoms with Gasteiger partial charge in [-0.25, -0.2) is 0 Å². The van der Waals surface area contributed by atoms with Crippen LogP contribution in [0.15, 0.2) is 24.3 Å². The van der Waals surface area contributed by atoms with E-state index in [1.807, 2.05) is 50.8 Å². The van der Waals surface area contributed by atoms with E-state index in [0.717, 1.165) is 5.75 Å². The summed E-state index contributed by atoms with van der Waals surface area (Å²) in [5.41, 5.74) is 0. The quantitative estimate of drug-likeness (QED) is 0.794. The van der Waals surface area contributed by atoms with Crippen LogP contribution in [-0.4, -0.2) is 36.6 Å². The van der Waals surface area contributed by atoms with Crippen LogP contribution in [0.2, 0.25) is 0 Å². The lowest BCUT2D eigenvalue weighted by Gasteiger charge is -2.30. The molecular weight excluding hydrogens is 242 g/mol. The van der Waals surface area contributed by atoms with Gasteiger partial charge >= 0.3 is 0 Å². The van der Waals surface area contributed by atoms with E-state index in [-0.39, 0.29) is 24.6 Å². The molecule has 19 heavy (non-hydrogen) atoms. The molecule has 0 saturated heterocycles. The van der Waals surface area contributed by atoms with Crippen molar-refractivity contribution < 1.29 is 14.3 Å². The predicted octanol–water partition coefficient (Wildman–Crippen LogP) is 2.72. The minimum Gasteiger partial charge on any atom is -0.497 e. The first kappa shape index (κ1) is 15.3. The van der Waals surface area contributed by atoms with Gasteiger partial charge in [0.05, 0.1) is 7.11 Å². The van der Waals surface area contributed by atoms with Gasteiger partial charge in [-0.2, -0.15) is 0 Å². The summed E-state index contributed by atoms with van der Waals surface area (Å²) in [5.74, 6) is 1.35. The monoisotopic (exact) mass is 265 g/mol. The first-order valence-electron chi connectivity index (χ1n) is 6.53. The van der Waals surface area contributed by atoms with Crippen molar-refractivity contribution >= 4 is 5.91 Å². The molecule has 0 N–H and O–H groups in total. The Balaban J connectivity index is 2.62. The van der Waals surface area contributed by atoms with Crippen LogP contribution >= 0.6 is 0 Å². The van der Waals surface area contributed by atoms with Gasteiger partial charge in [0.25, 0.3) is 5.91 Å². The number of carbonyl (C=O) groups is 1. The Hall–Kier alpha value is -1.71. The number of rotatable bonds is 6. The molecule has 0 atom stereocenters. The molecule has 0 unspecified atom stereocenters. The second-order valence-electron chi connectivity index (χ2n) is 4.96. The topological polar surface area (TPSA) is 38.8 Å². The molecule has 0 spiro atoms. The van der Waals surface area contributed by atoms with Gasteiger partial charge in [0, 0.05) is 18.2 Å². The maximum Gasteiger partial charge on any atom is 0.260 e. The summed E-state index contributed by atoms with van der Waals surface area (Å²) in [6, 6.07) is 7.58. The smallest absolute Gasteiger partial charge is 0.260 e. The summed E-state index contributed by atoms with van der Waals surface area (Å²) in [6.07, 6.45) is 0. The number of carbonyl (C=O) groups excluding carboxylic acids is 1. The van der Waals surface area contributed by atoms with Crippen LogP contribution in [0, 0.1) is 0 Å². The Morgan fingerprint density at radius 3 is 2.26 bits per heavy atom. The Morgan fingerprint density at radius 1 is 1.16 bits per heavy atom. The summed E-state index contributed by atoms with van der Waals surface area (Å²) in [4.78, 5) is 13.9. The van der Waals surface area contributed by atoms with Gasteiger partial charge in [-0.3, -0.25) is 4.79 Å². The van der Waals surface area contributed by atoms with Gasteiger partial charge in [-0.15, -0.1) is 0 Å². The number of benzene rings is 1. The highest BCUT2D eigenvalue weighted by atomic mass is 16.5. The summed E-state index contributed by atoms with van der Waals surface area (Å²) >= 11 is 0. The molecule has 1 amide bonds. The zero-order valence-corrected chi connectivity index (χ0v) is 12.3. The normalized spacial score (nSPS) is 10.7. The molecule has 0 saturated carbocycles. The van der Waals surface area contributed by atoms with Crippen molar-refractivity contribution in [3.63, 3.8) is 0 Å². The molecule has 0 fully saturated rings. The third kappa shape index (κ3) is 4.47. The van der Waals surface area contributed by atoms with Crippen molar-refractivity contribution in [2.45, 2.75) is 39.8 Å². The van der Waals surface area contributed by atoms with Crippen LogP contribution in [0.4, 0.5) is 0 Å². The Morgan fingerprint density at radius 2 is 1.74 bits per heavy atom. The number of amides is 1. The van der Waals surface area contributed by atoms with E-state index in [0.29, 0.717) is 5.75 Å². The van der Waals surface area contributed by atoms with Gasteiger partial charge in [-0.05, 0) is 39.8 Å². The highest BCUT2D eigenvalue weighted by Gasteiger charge is 2.20. The van der Waals surface area contributed by atoms with Crippen LogP contribution in [0.1, 0.15) is 27.7 Å². The van der Waals surface area contributed by atoms with E-state index in [4.69, 9.17) is 9.47 Å². The largest absolute Gasteiger partial charge is 0.497 e. The highest BCUT2D eigenvalue weighted by Crippen LogP contribution is 2.19.